The van der Waals surface area contributed by atoms with Gasteiger partial charge in [0, 0.05) is 18.4 Å². The second-order valence-electron chi connectivity index (χ2n) is 4.34. The summed E-state index contributed by atoms with van der Waals surface area (Å²) in [5, 5.41) is 12.5. The van der Waals surface area contributed by atoms with Crippen molar-refractivity contribution >= 4 is 5.97 Å². The summed E-state index contributed by atoms with van der Waals surface area (Å²) in [4.78, 5) is 14.7. The van der Waals surface area contributed by atoms with Crippen molar-refractivity contribution < 1.29 is 19.2 Å². The van der Waals surface area contributed by atoms with E-state index in [-0.39, 0.29) is 6.42 Å². The SMILES string of the molecule is COc1cccc(-c2noc(CCCCC(=O)O)n2)c1. The van der Waals surface area contributed by atoms with E-state index in [2.05, 4.69) is 10.1 Å². The van der Waals surface area contributed by atoms with Crippen molar-refractivity contribution in [3.63, 3.8) is 0 Å². The van der Waals surface area contributed by atoms with Gasteiger partial charge in [-0.15, -0.1) is 0 Å². The van der Waals surface area contributed by atoms with Gasteiger partial charge in [0.15, 0.2) is 0 Å². The predicted octanol–water partition coefficient (Wildman–Crippen LogP) is 2.54. The number of carboxylic acids is 1. The predicted molar refractivity (Wildman–Crippen MR) is 71.5 cm³/mol. The number of carbonyl (C=O) groups is 1. The summed E-state index contributed by atoms with van der Waals surface area (Å²) in [5.41, 5.74) is 0.824. The van der Waals surface area contributed by atoms with Crippen LogP contribution in [0.2, 0.25) is 0 Å². The summed E-state index contributed by atoms with van der Waals surface area (Å²) in [7, 11) is 1.60. The van der Waals surface area contributed by atoms with Crippen molar-refractivity contribution in [2.45, 2.75) is 25.7 Å². The van der Waals surface area contributed by atoms with Gasteiger partial charge in [-0.2, -0.15) is 4.98 Å². The largest absolute Gasteiger partial charge is 0.497 e. The molecule has 0 aliphatic heterocycles. The molecule has 0 radical (unpaired) electrons. The molecule has 0 saturated heterocycles. The number of rotatable bonds is 7. The van der Waals surface area contributed by atoms with Gasteiger partial charge in [0.2, 0.25) is 11.7 Å². The number of nitrogens with zero attached hydrogens (tertiary/aromatic N) is 2. The Labute approximate surface area is 116 Å². The van der Waals surface area contributed by atoms with Gasteiger partial charge >= 0.3 is 5.97 Å². The molecular weight excluding hydrogens is 260 g/mol. The van der Waals surface area contributed by atoms with Crippen molar-refractivity contribution in [1.29, 1.82) is 0 Å². The van der Waals surface area contributed by atoms with Crippen LogP contribution in [0.1, 0.15) is 25.2 Å². The van der Waals surface area contributed by atoms with E-state index in [1.54, 1.807) is 7.11 Å². The molecule has 0 atom stereocenters. The number of aryl methyl sites for hydroxylation is 1. The van der Waals surface area contributed by atoms with Crippen LogP contribution in [0.25, 0.3) is 11.4 Å². The molecule has 20 heavy (non-hydrogen) atoms. The highest BCUT2D eigenvalue weighted by Gasteiger charge is 2.09. The fraction of sp³-hybridized carbons (Fsp3) is 0.357. The second kappa shape index (κ2) is 6.70. The number of hydrogen-bond acceptors (Lipinski definition) is 5. The number of carboxylic acid groups (broad SMARTS) is 1. The minimum atomic E-state index is -0.785. The molecule has 0 amide bonds. The second-order valence-corrected chi connectivity index (χ2v) is 4.34. The van der Waals surface area contributed by atoms with Crippen molar-refractivity contribution in [1.82, 2.24) is 10.1 Å². The lowest BCUT2D eigenvalue weighted by molar-refractivity contribution is -0.137. The monoisotopic (exact) mass is 276 g/mol. The maximum absolute atomic E-state index is 10.4. The van der Waals surface area contributed by atoms with Gasteiger partial charge in [0.05, 0.1) is 7.11 Å². The Morgan fingerprint density at radius 3 is 3.00 bits per heavy atom. The van der Waals surface area contributed by atoms with E-state index in [0.29, 0.717) is 31.0 Å². The molecule has 106 valence electrons. The average Bonchev–Trinajstić information content (AvgIpc) is 2.92. The van der Waals surface area contributed by atoms with Crippen LogP contribution in [0.3, 0.4) is 0 Å². The quantitative estimate of drug-likeness (QED) is 0.782. The van der Waals surface area contributed by atoms with E-state index < -0.39 is 5.97 Å². The van der Waals surface area contributed by atoms with E-state index in [9.17, 15) is 4.79 Å². The van der Waals surface area contributed by atoms with Crippen molar-refractivity contribution in [2.24, 2.45) is 0 Å². The molecule has 0 aliphatic carbocycles. The third-order valence-corrected chi connectivity index (χ3v) is 2.83. The maximum Gasteiger partial charge on any atom is 0.303 e. The molecule has 1 heterocycles. The first-order valence-corrected chi connectivity index (χ1v) is 6.38. The highest BCUT2D eigenvalue weighted by Crippen LogP contribution is 2.21. The van der Waals surface area contributed by atoms with Crippen LogP contribution < -0.4 is 4.74 Å². The first-order valence-electron chi connectivity index (χ1n) is 6.38. The van der Waals surface area contributed by atoms with Gasteiger partial charge in [-0.25, -0.2) is 0 Å². The van der Waals surface area contributed by atoms with Crippen molar-refractivity contribution in [2.75, 3.05) is 7.11 Å². The molecule has 0 saturated carbocycles. The number of aromatic nitrogens is 2. The normalized spacial score (nSPS) is 10.4. The molecule has 0 spiro atoms. The van der Waals surface area contributed by atoms with Gasteiger partial charge in [0.25, 0.3) is 0 Å². The van der Waals surface area contributed by atoms with Crippen molar-refractivity contribution in [3.8, 4) is 17.1 Å². The maximum atomic E-state index is 10.4. The zero-order valence-electron chi connectivity index (χ0n) is 11.2. The van der Waals surface area contributed by atoms with Crippen LogP contribution in [0.4, 0.5) is 0 Å². The van der Waals surface area contributed by atoms with E-state index in [0.717, 1.165) is 11.3 Å². The van der Waals surface area contributed by atoms with Gasteiger partial charge in [0.1, 0.15) is 5.75 Å². The lowest BCUT2D eigenvalue weighted by Gasteiger charge is -1.99. The number of aliphatic carboxylic acids is 1. The fourth-order valence-electron chi connectivity index (χ4n) is 1.79. The Balaban J connectivity index is 1.96. The molecule has 0 bridgehead atoms. The number of methoxy groups -OCH3 is 1. The topological polar surface area (TPSA) is 85.5 Å². The minimum Gasteiger partial charge on any atom is -0.497 e. The summed E-state index contributed by atoms with van der Waals surface area (Å²) in [6.07, 6.45) is 2.07. The highest BCUT2D eigenvalue weighted by atomic mass is 16.5. The molecule has 1 aromatic carbocycles. The van der Waals surface area contributed by atoms with Crippen molar-refractivity contribution in [3.05, 3.63) is 30.2 Å². The summed E-state index contributed by atoms with van der Waals surface area (Å²) in [5.74, 6) is 0.980. The Bertz CT molecular complexity index is 580. The number of benzene rings is 1. The zero-order chi connectivity index (χ0) is 14.4. The Kier molecular flexibility index (Phi) is 4.70. The number of hydrogen-bond donors (Lipinski definition) is 1. The third-order valence-electron chi connectivity index (χ3n) is 2.83. The van der Waals surface area contributed by atoms with Crippen LogP contribution in [-0.4, -0.2) is 28.3 Å². The lowest BCUT2D eigenvalue weighted by Crippen LogP contribution is -1.95. The van der Waals surface area contributed by atoms with Gasteiger partial charge in [-0.05, 0) is 25.0 Å². The van der Waals surface area contributed by atoms with Crippen LogP contribution >= 0.6 is 0 Å². The molecule has 1 N–H and O–H groups in total. The van der Waals surface area contributed by atoms with E-state index >= 15 is 0 Å². The van der Waals surface area contributed by atoms with Crippen LogP contribution in [-0.2, 0) is 11.2 Å². The van der Waals surface area contributed by atoms with Crippen LogP contribution in [0, 0.1) is 0 Å². The first-order chi connectivity index (χ1) is 9.69. The average molecular weight is 276 g/mol. The molecule has 0 aliphatic rings. The molecule has 1 aromatic heterocycles. The lowest BCUT2D eigenvalue weighted by atomic mass is 10.2. The number of unbranched alkanes of at least 4 members (excludes halogenated alkanes) is 1. The van der Waals surface area contributed by atoms with Gasteiger partial charge in [-0.3, -0.25) is 4.79 Å². The zero-order valence-corrected chi connectivity index (χ0v) is 11.2. The third kappa shape index (κ3) is 3.81. The summed E-state index contributed by atoms with van der Waals surface area (Å²) >= 11 is 0. The summed E-state index contributed by atoms with van der Waals surface area (Å²) < 4.78 is 10.3. The molecule has 6 heteroatoms. The minimum absolute atomic E-state index is 0.164. The van der Waals surface area contributed by atoms with E-state index in [1.807, 2.05) is 24.3 Å². The van der Waals surface area contributed by atoms with Gasteiger partial charge in [-0.1, -0.05) is 17.3 Å². The number of ether oxygens (including phenoxy) is 1. The van der Waals surface area contributed by atoms with Crippen LogP contribution in [0.5, 0.6) is 5.75 Å². The molecule has 0 fully saturated rings. The smallest absolute Gasteiger partial charge is 0.303 e. The highest BCUT2D eigenvalue weighted by molar-refractivity contribution is 5.66. The molecule has 2 rings (SSSR count). The Hall–Kier alpha value is -2.37. The Morgan fingerprint density at radius 1 is 1.40 bits per heavy atom. The molecule has 0 unspecified atom stereocenters. The molecule has 2 aromatic rings. The van der Waals surface area contributed by atoms with Gasteiger partial charge < -0.3 is 14.4 Å². The molecular formula is C14H16N2O4. The summed E-state index contributed by atoms with van der Waals surface area (Å²) in [6.45, 7) is 0. The Morgan fingerprint density at radius 2 is 2.25 bits per heavy atom. The van der Waals surface area contributed by atoms with Crippen LogP contribution in [0.15, 0.2) is 28.8 Å². The standard InChI is InChI=1S/C14H16N2O4/c1-19-11-6-4-5-10(9-11)14-15-12(20-16-14)7-2-3-8-13(17)18/h4-6,9H,2-3,7-8H2,1H3,(H,17,18). The first kappa shape index (κ1) is 14.0. The van der Waals surface area contributed by atoms with E-state index in [4.69, 9.17) is 14.4 Å². The van der Waals surface area contributed by atoms with E-state index in [1.165, 1.54) is 0 Å². The molecule has 6 nitrogen and oxygen atoms in total. The fourth-order valence-corrected chi connectivity index (χ4v) is 1.79. The summed E-state index contributed by atoms with van der Waals surface area (Å²) in [6, 6.07) is 7.41.